The van der Waals surface area contributed by atoms with Crippen LogP contribution in [0, 0.1) is 0 Å². The molecule has 0 spiro atoms. The average Bonchev–Trinajstić information content (AvgIpc) is 3.41. The molecule has 5 rings (SSSR count). The van der Waals surface area contributed by atoms with Crippen molar-refractivity contribution in [1.82, 2.24) is 4.98 Å². The molecule has 4 aromatic rings. The van der Waals surface area contributed by atoms with Crippen LogP contribution in [0.15, 0.2) is 88.9 Å². The number of anilines is 2. The van der Waals surface area contributed by atoms with Gasteiger partial charge in [0.15, 0.2) is 10.8 Å². The zero-order chi connectivity index (χ0) is 22.1. The number of nitrogens with zero attached hydrogens (tertiary/aromatic N) is 3. The van der Waals surface area contributed by atoms with Crippen molar-refractivity contribution in [1.29, 1.82) is 0 Å². The molecule has 32 heavy (non-hydrogen) atoms. The van der Waals surface area contributed by atoms with Crippen LogP contribution in [0.2, 0.25) is 0 Å². The van der Waals surface area contributed by atoms with E-state index in [1.807, 2.05) is 72.8 Å². The summed E-state index contributed by atoms with van der Waals surface area (Å²) in [6.07, 6.45) is 1.57. The van der Waals surface area contributed by atoms with E-state index < -0.39 is 5.97 Å². The van der Waals surface area contributed by atoms with Crippen LogP contribution < -0.4 is 4.90 Å². The number of rotatable bonds is 4. The molecule has 0 atom stereocenters. The largest absolute Gasteiger partial charge is 0.402 e. The van der Waals surface area contributed by atoms with Crippen LogP contribution in [0.3, 0.4) is 0 Å². The van der Waals surface area contributed by atoms with Gasteiger partial charge in [0, 0.05) is 17.9 Å². The Hall–Kier alpha value is -4.10. The highest BCUT2D eigenvalue weighted by molar-refractivity contribution is 7.14. The van der Waals surface area contributed by atoms with Gasteiger partial charge >= 0.3 is 5.97 Å². The number of hydrogen-bond acceptors (Lipinski definition) is 6. The zero-order valence-corrected chi connectivity index (χ0v) is 17.9. The number of hydrogen-bond donors (Lipinski definition) is 0. The van der Waals surface area contributed by atoms with Gasteiger partial charge in [-0.2, -0.15) is 0 Å². The van der Waals surface area contributed by atoms with Crippen molar-refractivity contribution in [2.45, 2.75) is 6.92 Å². The standard InChI is InChI=1S/C25H17N3O3S/c1-16(29)28(21-9-3-2-4-10-21)25-26-20(15-32-25)14-22-24(30)31-23(27-22)19-12-11-17-7-5-6-8-18(17)13-19/h2-15H,1H3. The van der Waals surface area contributed by atoms with E-state index in [-0.39, 0.29) is 17.5 Å². The number of aromatic nitrogens is 1. The second kappa shape index (κ2) is 8.20. The number of amides is 1. The van der Waals surface area contributed by atoms with E-state index in [9.17, 15) is 9.59 Å². The number of carbonyl (C=O) groups is 2. The van der Waals surface area contributed by atoms with Crippen LogP contribution in [0.5, 0.6) is 0 Å². The number of para-hydroxylation sites is 1. The van der Waals surface area contributed by atoms with Gasteiger partial charge in [-0.05, 0) is 41.1 Å². The summed E-state index contributed by atoms with van der Waals surface area (Å²) in [5, 5.41) is 4.43. The van der Waals surface area contributed by atoms with E-state index in [1.165, 1.54) is 23.2 Å². The SMILES string of the molecule is CC(=O)N(c1ccccc1)c1nc(C=C2N=C(c3ccc4ccccc4c3)OC2=O)cs1. The van der Waals surface area contributed by atoms with Gasteiger partial charge in [-0.1, -0.05) is 48.5 Å². The number of fused-ring (bicyclic) bond motifs is 1. The third-order valence-corrected chi connectivity index (χ3v) is 5.78. The smallest absolute Gasteiger partial charge is 0.363 e. The summed E-state index contributed by atoms with van der Waals surface area (Å²) in [4.78, 5) is 35.1. The van der Waals surface area contributed by atoms with Gasteiger partial charge in [0.1, 0.15) is 0 Å². The summed E-state index contributed by atoms with van der Waals surface area (Å²) in [6, 6.07) is 23.0. The second-order valence-corrected chi connectivity index (χ2v) is 7.98. The molecular weight excluding hydrogens is 422 g/mol. The molecule has 0 bridgehead atoms. The lowest BCUT2D eigenvalue weighted by molar-refractivity contribution is -0.130. The number of esters is 1. The van der Waals surface area contributed by atoms with E-state index >= 15 is 0 Å². The minimum absolute atomic E-state index is 0.151. The summed E-state index contributed by atoms with van der Waals surface area (Å²) in [5.41, 5.74) is 2.15. The van der Waals surface area contributed by atoms with E-state index in [1.54, 1.807) is 11.5 Å². The van der Waals surface area contributed by atoms with E-state index in [4.69, 9.17) is 4.74 Å². The van der Waals surface area contributed by atoms with Gasteiger partial charge in [0.25, 0.3) is 0 Å². The Balaban J connectivity index is 1.45. The Morgan fingerprint density at radius 1 is 1.00 bits per heavy atom. The van der Waals surface area contributed by atoms with Gasteiger partial charge in [-0.3, -0.25) is 9.69 Å². The van der Waals surface area contributed by atoms with Crippen molar-refractivity contribution in [3.8, 4) is 0 Å². The van der Waals surface area contributed by atoms with Crippen LogP contribution in [0.4, 0.5) is 10.8 Å². The Bertz CT molecular complexity index is 1410. The maximum absolute atomic E-state index is 12.4. The van der Waals surface area contributed by atoms with Gasteiger partial charge in [-0.25, -0.2) is 14.8 Å². The van der Waals surface area contributed by atoms with E-state index in [0.29, 0.717) is 10.8 Å². The topological polar surface area (TPSA) is 71.9 Å². The maximum atomic E-state index is 12.4. The summed E-state index contributed by atoms with van der Waals surface area (Å²) in [7, 11) is 0. The third kappa shape index (κ3) is 3.81. The Morgan fingerprint density at radius 3 is 2.53 bits per heavy atom. The summed E-state index contributed by atoms with van der Waals surface area (Å²) >= 11 is 1.31. The molecule has 0 fully saturated rings. The van der Waals surface area contributed by atoms with Gasteiger partial charge < -0.3 is 4.74 Å². The molecule has 0 N–H and O–H groups in total. The summed E-state index contributed by atoms with van der Waals surface area (Å²) in [5.74, 6) is -0.423. The molecule has 6 nitrogen and oxygen atoms in total. The first kappa shape index (κ1) is 19.8. The minimum Gasteiger partial charge on any atom is -0.402 e. The molecule has 0 saturated heterocycles. The normalized spacial score (nSPS) is 14.5. The second-order valence-electron chi connectivity index (χ2n) is 7.14. The highest BCUT2D eigenvalue weighted by Gasteiger charge is 2.25. The van der Waals surface area contributed by atoms with Crippen molar-refractivity contribution in [2.24, 2.45) is 4.99 Å². The molecule has 0 unspecified atom stereocenters. The monoisotopic (exact) mass is 439 g/mol. The molecule has 1 aliphatic rings. The van der Waals surface area contributed by atoms with Gasteiger partial charge in [0.05, 0.1) is 11.4 Å². The fourth-order valence-corrected chi connectivity index (χ4v) is 4.29. The van der Waals surface area contributed by atoms with Crippen LogP contribution in [-0.4, -0.2) is 22.8 Å². The molecule has 7 heteroatoms. The van der Waals surface area contributed by atoms with Crippen molar-refractivity contribution >= 4 is 56.8 Å². The van der Waals surface area contributed by atoms with E-state index in [0.717, 1.165) is 22.0 Å². The number of benzene rings is 3. The first-order chi connectivity index (χ1) is 15.6. The first-order valence-electron chi connectivity index (χ1n) is 9.91. The lowest BCUT2D eigenvalue weighted by Gasteiger charge is -2.17. The summed E-state index contributed by atoms with van der Waals surface area (Å²) in [6.45, 7) is 1.49. The quantitative estimate of drug-likeness (QED) is 0.318. The van der Waals surface area contributed by atoms with E-state index in [2.05, 4.69) is 9.98 Å². The third-order valence-electron chi connectivity index (χ3n) is 4.93. The Labute approximate surface area is 188 Å². The van der Waals surface area contributed by atoms with Crippen molar-refractivity contribution in [3.05, 3.63) is 95.1 Å². The van der Waals surface area contributed by atoms with Crippen molar-refractivity contribution < 1.29 is 14.3 Å². The Kier molecular flexibility index (Phi) is 5.09. The van der Waals surface area contributed by atoms with Crippen LogP contribution in [0.1, 0.15) is 18.2 Å². The molecule has 1 amide bonds. The number of cyclic esters (lactones) is 1. The molecule has 156 valence electrons. The van der Waals surface area contributed by atoms with Crippen molar-refractivity contribution in [3.63, 3.8) is 0 Å². The predicted molar refractivity (Wildman–Crippen MR) is 126 cm³/mol. The number of thiazole rings is 1. The fraction of sp³-hybridized carbons (Fsp3) is 0.0400. The molecule has 1 aromatic heterocycles. The molecular formula is C25H17N3O3S. The molecule has 0 aliphatic carbocycles. The highest BCUT2D eigenvalue weighted by Crippen LogP contribution is 2.30. The summed E-state index contributed by atoms with van der Waals surface area (Å²) < 4.78 is 5.40. The average molecular weight is 439 g/mol. The highest BCUT2D eigenvalue weighted by atomic mass is 32.1. The molecule has 0 saturated carbocycles. The minimum atomic E-state index is -0.533. The molecule has 1 aliphatic heterocycles. The zero-order valence-electron chi connectivity index (χ0n) is 17.1. The predicted octanol–water partition coefficient (Wildman–Crippen LogP) is 5.33. The lowest BCUT2D eigenvalue weighted by Crippen LogP contribution is -2.22. The van der Waals surface area contributed by atoms with Crippen LogP contribution in [-0.2, 0) is 14.3 Å². The molecule has 0 radical (unpaired) electrons. The van der Waals surface area contributed by atoms with Crippen LogP contribution in [0.25, 0.3) is 16.8 Å². The van der Waals surface area contributed by atoms with Gasteiger partial charge in [0.2, 0.25) is 11.8 Å². The van der Waals surface area contributed by atoms with Crippen molar-refractivity contribution in [2.75, 3.05) is 4.90 Å². The van der Waals surface area contributed by atoms with Crippen LogP contribution >= 0.6 is 11.3 Å². The molecule has 3 aromatic carbocycles. The van der Waals surface area contributed by atoms with Gasteiger partial charge in [-0.15, -0.1) is 11.3 Å². The molecule has 2 heterocycles. The maximum Gasteiger partial charge on any atom is 0.363 e. The Morgan fingerprint density at radius 2 is 1.75 bits per heavy atom. The fourth-order valence-electron chi connectivity index (χ4n) is 3.44. The number of aliphatic imine (C=N–C) groups is 1. The first-order valence-corrected chi connectivity index (χ1v) is 10.8. The lowest BCUT2D eigenvalue weighted by atomic mass is 10.1. The number of carbonyl (C=O) groups excluding carboxylic acids is 2. The number of ether oxygens (including phenoxy) is 1.